The van der Waals surface area contributed by atoms with E-state index in [0.717, 1.165) is 11.1 Å². The first-order valence-electron chi connectivity index (χ1n) is 9.40. The number of rotatable bonds is 5. The van der Waals surface area contributed by atoms with Crippen LogP contribution >= 0.6 is 11.6 Å². The fraction of sp³-hybridized carbons (Fsp3) is 0.174. The van der Waals surface area contributed by atoms with E-state index in [9.17, 15) is 9.59 Å². The van der Waals surface area contributed by atoms with Gasteiger partial charge in [0.2, 0.25) is 5.91 Å². The Morgan fingerprint density at radius 2 is 1.86 bits per heavy atom. The molecule has 2 amide bonds. The SMILES string of the molecule is Cc1ccccc1CNC(=O)CC1c2ncccc2C(=O)N1c1ccc(Cl)cc1. The van der Waals surface area contributed by atoms with Gasteiger partial charge in [0.25, 0.3) is 5.91 Å². The van der Waals surface area contributed by atoms with Crippen LogP contribution in [0.15, 0.2) is 66.9 Å². The maximum atomic E-state index is 13.0. The molecule has 29 heavy (non-hydrogen) atoms. The molecule has 1 aliphatic rings. The Labute approximate surface area is 174 Å². The molecule has 0 spiro atoms. The summed E-state index contributed by atoms with van der Waals surface area (Å²) in [4.78, 5) is 31.8. The van der Waals surface area contributed by atoms with E-state index < -0.39 is 6.04 Å². The quantitative estimate of drug-likeness (QED) is 0.682. The number of amides is 2. The number of anilines is 1. The zero-order chi connectivity index (χ0) is 20.4. The molecule has 0 radical (unpaired) electrons. The third kappa shape index (κ3) is 3.87. The van der Waals surface area contributed by atoms with Crippen molar-refractivity contribution in [3.8, 4) is 0 Å². The van der Waals surface area contributed by atoms with Crippen LogP contribution in [-0.2, 0) is 11.3 Å². The standard InChI is InChI=1S/C23H20ClN3O2/c1-15-5-2-3-6-16(15)14-26-21(28)13-20-22-19(7-4-12-25-22)23(29)27(20)18-10-8-17(24)9-11-18/h2-12,20H,13-14H2,1H3,(H,26,28). The highest BCUT2D eigenvalue weighted by molar-refractivity contribution is 6.30. The second-order valence-corrected chi connectivity index (χ2v) is 7.45. The van der Waals surface area contributed by atoms with Gasteiger partial charge in [-0.2, -0.15) is 0 Å². The van der Waals surface area contributed by atoms with Crippen LogP contribution in [0.1, 0.15) is 39.6 Å². The van der Waals surface area contributed by atoms with Gasteiger partial charge in [-0.25, -0.2) is 0 Å². The molecule has 1 aromatic heterocycles. The molecule has 0 fully saturated rings. The fourth-order valence-electron chi connectivity index (χ4n) is 3.59. The number of halogens is 1. The van der Waals surface area contributed by atoms with Gasteiger partial charge in [-0.1, -0.05) is 35.9 Å². The largest absolute Gasteiger partial charge is 0.352 e. The minimum Gasteiger partial charge on any atom is -0.352 e. The second-order valence-electron chi connectivity index (χ2n) is 7.01. The average molecular weight is 406 g/mol. The van der Waals surface area contributed by atoms with Gasteiger partial charge in [0.1, 0.15) is 0 Å². The third-order valence-corrected chi connectivity index (χ3v) is 5.39. The van der Waals surface area contributed by atoms with Crippen molar-refractivity contribution in [2.75, 3.05) is 4.90 Å². The van der Waals surface area contributed by atoms with Gasteiger partial charge in [0.15, 0.2) is 0 Å². The molecule has 1 aliphatic heterocycles. The van der Waals surface area contributed by atoms with Crippen LogP contribution in [0, 0.1) is 6.92 Å². The summed E-state index contributed by atoms with van der Waals surface area (Å²) in [6, 6.07) is 18.0. The summed E-state index contributed by atoms with van der Waals surface area (Å²) in [6.45, 7) is 2.46. The predicted molar refractivity (Wildman–Crippen MR) is 113 cm³/mol. The lowest BCUT2D eigenvalue weighted by molar-refractivity contribution is -0.121. The van der Waals surface area contributed by atoms with E-state index in [1.54, 1.807) is 47.5 Å². The Bertz CT molecular complexity index is 1070. The molecular formula is C23H20ClN3O2. The number of nitrogens with zero attached hydrogens (tertiary/aromatic N) is 2. The molecule has 4 rings (SSSR count). The molecule has 0 aliphatic carbocycles. The first-order chi connectivity index (χ1) is 14.0. The summed E-state index contributed by atoms with van der Waals surface area (Å²) >= 11 is 6.00. The fourth-order valence-corrected chi connectivity index (χ4v) is 3.72. The molecule has 0 bridgehead atoms. The number of carbonyl (C=O) groups excluding carboxylic acids is 2. The molecule has 146 valence electrons. The predicted octanol–water partition coefficient (Wildman–Crippen LogP) is 4.45. The van der Waals surface area contributed by atoms with Crippen LogP contribution in [-0.4, -0.2) is 16.8 Å². The molecule has 0 saturated carbocycles. The summed E-state index contributed by atoms with van der Waals surface area (Å²) in [7, 11) is 0. The van der Waals surface area contributed by atoms with Crippen molar-refractivity contribution in [1.29, 1.82) is 0 Å². The van der Waals surface area contributed by atoms with Gasteiger partial charge in [-0.15, -0.1) is 0 Å². The van der Waals surface area contributed by atoms with Gasteiger partial charge >= 0.3 is 0 Å². The van der Waals surface area contributed by atoms with E-state index in [-0.39, 0.29) is 18.2 Å². The number of benzene rings is 2. The number of fused-ring (bicyclic) bond motifs is 1. The zero-order valence-electron chi connectivity index (χ0n) is 15.9. The highest BCUT2D eigenvalue weighted by Gasteiger charge is 2.39. The second kappa shape index (κ2) is 8.05. The Balaban J connectivity index is 1.57. The van der Waals surface area contributed by atoms with E-state index >= 15 is 0 Å². The number of pyridine rings is 1. The van der Waals surface area contributed by atoms with Gasteiger partial charge < -0.3 is 5.32 Å². The monoisotopic (exact) mass is 405 g/mol. The number of nitrogens with one attached hydrogen (secondary N) is 1. The summed E-state index contributed by atoms with van der Waals surface area (Å²) in [6.07, 6.45) is 1.78. The van der Waals surface area contributed by atoms with Crippen molar-refractivity contribution in [2.24, 2.45) is 0 Å². The Kier molecular flexibility index (Phi) is 5.32. The molecule has 6 heteroatoms. The van der Waals surface area contributed by atoms with Crippen LogP contribution in [0.2, 0.25) is 5.02 Å². The first-order valence-corrected chi connectivity index (χ1v) is 9.77. The summed E-state index contributed by atoms with van der Waals surface area (Å²) in [5.74, 6) is -0.296. The van der Waals surface area contributed by atoms with Crippen molar-refractivity contribution < 1.29 is 9.59 Å². The maximum Gasteiger partial charge on any atom is 0.260 e. The van der Waals surface area contributed by atoms with Gasteiger partial charge in [-0.05, 0) is 54.4 Å². The van der Waals surface area contributed by atoms with E-state index in [2.05, 4.69) is 10.3 Å². The maximum absolute atomic E-state index is 13.0. The summed E-state index contributed by atoms with van der Waals surface area (Å²) in [5.41, 5.74) is 4.03. The minimum absolute atomic E-state index is 0.129. The highest BCUT2D eigenvalue weighted by atomic mass is 35.5. The van der Waals surface area contributed by atoms with E-state index in [1.165, 1.54) is 0 Å². The van der Waals surface area contributed by atoms with Crippen molar-refractivity contribution in [3.05, 3.63) is 94.3 Å². The van der Waals surface area contributed by atoms with Crippen molar-refractivity contribution >= 4 is 29.1 Å². The Hall–Kier alpha value is -3.18. The number of hydrogen-bond acceptors (Lipinski definition) is 3. The molecule has 2 heterocycles. The lowest BCUT2D eigenvalue weighted by Gasteiger charge is -2.24. The third-order valence-electron chi connectivity index (χ3n) is 5.14. The summed E-state index contributed by atoms with van der Waals surface area (Å²) < 4.78 is 0. The molecule has 5 nitrogen and oxygen atoms in total. The molecule has 3 aromatic rings. The molecule has 1 atom stereocenters. The number of hydrogen-bond donors (Lipinski definition) is 1. The molecule has 1 N–H and O–H groups in total. The Morgan fingerprint density at radius 1 is 1.10 bits per heavy atom. The topological polar surface area (TPSA) is 62.3 Å². The van der Waals surface area contributed by atoms with E-state index in [1.807, 2.05) is 31.2 Å². The van der Waals surface area contributed by atoms with Gasteiger partial charge in [-0.3, -0.25) is 19.5 Å². The molecule has 1 unspecified atom stereocenters. The van der Waals surface area contributed by atoms with Crippen molar-refractivity contribution in [1.82, 2.24) is 10.3 Å². The van der Waals surface area contributed by atoms with Crippen LogP contribution < -0.4 is 10.2 Å². The van der Waals surface area contributed by atoms with E-state index in [0.29, 0.717) is 28.5 Å². The minimum atomic E-state index is -0.461. The lowest BCUT2D eigenvalue weighted by Crippen LogP contribution is -2.33. The van der Waals surface area contributed by atoms with Crippen molar-refractivity contribution in [2.45, 2.75) is 25.9 Å². The van der Waals surface area contributed by atoms with Crippen LogP contribution in [0.3, 0.4) is 0 Å². The van der Waals surface area contributed by atoms with Crippen LogP contribution in [0.4, 0.5) is 5.69 Å². The van der Waals surface area contributed by atoms with Crippen molar-refractivity contribution in [3.63, 3.8) is 0 Å². The first kappa shape index (κ1) is 19.2. The molecule has 0 saturated heterocycles. The smallest absolute Gasteiger partial charge is 0.260 e. The van der Waals surface area contributed by atoms with Crippen LogP contribution in [0.25, 0.3) is 0 Å². The summed E-state index contributed by atoms with van der Waals surface area (Å²) in [5, 5.41) is 3.55. The molecule has 2 aromatic carbocycles. The lowest BCUT2D eigenvalue weighted by atomic mass is 10.1. The number of aryl methyl sites for hydroxylation is 1. The van der Waals surface area contributed by atoms with E-state index in [4.69, 9.17) is 11.6 Å². The van der Waals surface area contributed by atoms with Gasteiger partial charge in [0.05, 0.1) is 23.7 Å². The van der Waals surface area contributed by atoms with Crippen LogP contribution in [0.5, 0.6) is 0 Å². The average Bonchev–Trinajstić information content (AvgIpc) is 3.00. The van der Waals surface area contributed by atoms with Gasteiger partial charge in [0, 0.05) is 23.5 Å². The molecular weight excluding hydrogens is 386 g/mol. The zero-order valence-corrected chi connectivity index (χ0v) is 16.7. The number of aromatic nitrogens is 1. The normalized spacial score (nSPS) is 15.3. The highest BCUT2D eigenvalue weighted by Crippen LogP contribution is 2.38. The number of carbonyl (C=O) groups is 2. The Morgan fingerprint density at radius 3 is 2.62 bits per heavy atom.